The number of rotatable bonds is 7. The molecule has 0 saturated carbocycles. The van der Waals surface area contributed by atoms with Crippen LogP contribution in [0.1, 0.15) is 39.5 Å². The molecule has 0 aromatic rings. The van der Waals surface area contributed by atoms with Crippen molar-refractivity contribution >= 4 is 0 Å². The highest BCUT2D eigenvalue weighted by Crippen LogP contribution is 1.99. The van der Waals surface area contributed by atoms with Gasteiger partial charge in [-0.25, -0.2) is 0 Å². The van der Waals surface area contributed by atoms with Gasteiger partial charge in [-0.3, -0.25) is 0 Å². The molecule has 0 aliphatic carbocycles. The molecule has 0 radical (unpaired) electrons. The summed E-state index contributed by atoms with van der Waals surface area (Å²) in [5, 5.41) is 0. The fourth-order valence-corrected chi connectivity index (χ4v) is 1.15. The summed E-state index contributed by atoms with van der Waals surface area (Å²) in [7, 11) is 0. The van der Waals surface area contributed by atoms with Gasteiger partial charge in [0.1, 0.15) is 0 Å². The van der Waals surface area contributed by atoms with Gasteiger partial charge in [-0.2, -0.15) is 0 Å². The predicted molar refractivity (Wildman–Crippen MR) is 51.6 cm³/mol. The minimum absolute atomic E-state index is 1.16. The largest absolute Gasteiger partial charge is 0.378 e. The highest BCUT2D eigenvalue weighted by Gasteiger charge is 1.94. The van der Waals surface area contributed by atoms with Crippen LogP contribution in [0.4, 0.5) is 0 Å². The molecule has 0 heterocycles. The maximum absolute atomic E-state index is 3.78. The van der Waals surface area contributed by atoms with E-state index in [0.717, 1.165) is 6.54 Å². The Balaban J connectivity index is 3.28. The number of hydrogen-bond acceptors (Lipinski definition) is 1. The van der Waals surface area contributed by atoms with Crippen molar-refractivity contribution in [3.8, 4) is 0 Å². The maximum Gasteiger partial charge on any atom is 0.0172 e. The zero-order valence-corrected chi connectivity index (χ0v) is 7.97. The fraction of sp³-hybridized carbons (Fsp3) is 0.800. The van der Waals surface area contributed by atoms with Crippen LogP contribution in [0.15, 0.2) is 12.8 Å². The number of hydrogen-bond donors (Lipinski definition) is 0. The molecule has 0 aliphatic heterocycles. The van der Waals surface area contributed by atoms with Gasteiger partial charge in [0.05, 0.1) is 0 Å². The third-order valence-corrected chi connectivity index (χ3v) is 1.82. The van der Waals surface area contributed by atoms with Crippen molar-refractivity contribution in [3.63, 3.8) is 0 Å². The predicted octanol–water partition coefficient (Wildman–Crippen LogP) is 3.03. The Kier molecular flexibility index (Phi) is 7.33. The van der Waals surface area contributed by atoms with Crippen LogP contribution < -0.4 is 0 Å². The second-order valence-corrected chi connectivity index (χ2v) is 2.93. The van der Waals surface area contributed by atoms with E-state index in [9.17, 15) is 0 Å². The van der Waals surface area contributed by atoms with Gasteiger partial charge in [-0.1, -0.05) is 33.3 Å². The van der Waals surface area contributed by atoms with Gasteiger partial charge in [0.25, 0.3) is 0 Å². The lowest BCUT2D eigenvalue weighted by atomic mass is 10.2. The zero-order valence-electron chi connectivity index (χ0n) is 7.97. The minimum atomic E-state index is 1.16. The first-order valence-electron chi connectivity index (χ1n) is 4.71. The standard InChI is InChI=1S/C10H21N/c1-4-7-8-10-11(6-3)9-5-2/h6H,3-5,7-10H2,1-2H3. The van der Waals surface area contributed by atoms with E-state index < -0.39 is 0 Å². The molecule has 0 saturated heterocycles. The second-order valence-electron chi connectivity index (χ2n) is 2.93. The van der Waals surface area contributed by atoms with Crippen LogP contribution >= 0.6 is 0 Å². The third-order valence-electron chi connectivity index (χ3n) is 1.82. The Morgan fingerprint density at radius 3 is 2.27 bits per heavy atom. The molecule has 0 N–H and O–H groups in total. The van der Waals surface area contributed by atoms with Gasteiger partial charge in [-0.05, 0) is 19.0 Å². The van der Waals surface area contributed by atoms with E-state index >= 15 is 0 Å². The van der Waals surface area contributed by atoms with Crippen molar-refractivity contribution < 1.29 is 0 Å². The van der Waals surface area contributed by atoms with Crippen molar-refractivity contribution in [3.05, 3.63) is 12.8 Å². The lowest BCUT2D eigenvalue weighted by molar-refractivity contribution is 0.365. The molecule has 0 amide bonds. The summed E-state index contributed by atoms with van der Waals surface area (Å²) in [6.45, 7) is 10.6. The Labute approximate surface area is 71.1 Å². The van der Waals surface area contributed by atoms with Crippen LogP contribution in [0.25, 0.3) is 0 Å². The summed E-state index contributed by atoms with van der Waals surface area (Å²) >= 11 is 0. The van der Waals surface area contributed by atoms with Crippen LogP contribution in [0.3, 0.4) is 0 Å². The monoisotopic (exact) mass is 155 g/mol. The molecule has 0 unspecified atom stereocenters. The van der Waals surface area contributed by atoms with Crippen molar-refractivity contribution in [1.82, 2.24) is 4.90 Å². The molecule has 11 heavy (non-hydrogen) atoms. The average molecular weight is 155 g/mol. The van der Waals surface area contributed by atoms with Gasteiger partial charge in [0, 0.05) is 13.1 Å². The number of unbranched alkanes of at least 4 members (excludes halogenated alkanes) is 2. The Morgan fingerprint density at radius 1 is 1.09 bits per heavy atom. The topological polar surface area (TPSA) is 3.24 Å². The van der Waals surface area contributed by atoms with Crippen molar-refractivity contribution in [2.75, 3.05) is 13.1 Å². The van der Waals surface area contributed by atoms with Crippen LogP contribution in [0.2, 0.25) is 0 Å². The number of nitrogens with zero attached hydrogens (tertiary/aromatic N) is 1. The van der Waals surface area contributed by atoms with E-state index in [1.165, 1.54) is 32.2 Å². The smallest absolute Gasteiger partial charge is 0.0172 e. The molecule has 0 bridgehead atoms. The van der Waals surface area contributed by atoms with Gasteiger partial charge >= 0.3 is 0 Å². The van der Waals surface area contributed by atoms with Crippen LogP contribution in [0.5, 0.6) is 0 Å². The summed E-state index contributed by atoms with van der Waals surface area (Å²) in [5.41, 5.74) is 0. The van der Waals surface area contributed by atoms with Crippen molar-refractivity contribution in [1.29, 1.82) is 0 Å². The molecule has 0 aromatic carbocycles. The first kappa shape index (κ1) is 10.5. The Bertz CT molecular complexity index is 88.9. The Morgan fingerprint density at radius 2 is 1.82 bits per heavy atom. The molecule has 0 spiro atoms. The van der Waals surface area contributed by atoms with E-state index in [1.807, 2.05) is 6.20 Å². The molecule has 66 valence electrons. The van der Waals surface area contributed by atoms with E-state index in [2.05, 4.69) is 25.3 Å². The molecule has 1 heteroatoms. The highest BCUT2D eigenvalue weighted by atomic mass is 15.1. The summed E-state index contributed by atoms with van der Waals surface area (Å²) < 4.78 is 0. The summed E-state index contributed by atoms with van der Waals surface area (Å²) in [4.78, 5) is 2.30. The molecule has 0 aromatic heterocycles. The van der Waals surface area contributed by atoms with Crippen LogP contribution in [-0.2, 0) is 0 Å². The van der Waals surface area contributed by atoms with Gasteiger partial charge < -0.3 is 4.90 Å². The summed E-state index contributed by atoms with van der Waals surface area (Å²) in [6.07, 6.45) is 7.13. The lowest BCUT2D eigenvalue weighted by Crippen LogP contribution is -2.18. The van der Waals surface area contributed by atoms with E-state index in [1.54, 1.807) is 0 Å². The van der Waals surface area contributed by atoms with Crippen LogP contribution in [0, 0.1) is 0 Å². The van der Waals surface area contributed by atoms with Gasteiger partial charge in [0.15, 0.2) is 0 Å². The normalized spacial score (nSPS) is 9.64. The minimum Gasteiger partial charge on any atom is -0.378 e. The molecule has 0 atom stereocenters. The summed E-state index contributed by atoms with van der Waals surface area (Å²) in [5.74, 6) is 0. The molecule has 1 nitrogen and oxygen atoms in total. The van der Waals surface area contributed by atoms with Crippen LogP contribution in [-0.4, -0.2) is 18.0 Å². The quantitative estimate of drug-likeness (QED) is 0.511. The second kappa shape index (κ2) is 7.64. The lowest BCUT2D eigenvalue weighted by Gasteiger charge is -2.18. The molecular weight excluding hydrogens is 134 g/mol. The van der Waals surface area contributed by atoms with Crippen molar-refractivity contribution in [2.45, 2.75) is 39.5 Å². The molecular formula is C10H21N. The SMILES string of the molecule is C=CN(CCC)CCCCC. The molecule has 0 aliphatic rings. The first-order chi connectivity index (χ1) is 5.35. The first-order valence-corrected chi connectivity index (χ1v) is 4.71. The fourth-order valence-electron chi connectivity index (χ4n) is 1.15. The average Bonchev–Trinajstić information content (AvgIpc) is 2.03. The summed E-state index contributed by atoms with van der Waals surface area (Å²) in [6, 6.07) is 0. The third kappa shape index (κ3) is 5.96. The van der Waals surface area contributed by atoms with E-state index in [-0.39, 0.29) is 0 Å². The van der Waals surface area contributed by atoms with Crippen molar-refractivity contribution in [2.24, 2.45) is 0 Å². The molecule has 0 fully saturated rings. The van der Waals surface area contributed by atoms with E-state index in [4.69, 9.17) is 0 Å². The Hall–Kier alpha value is -0.460. The van der Waals surface area contributed by atoms with Gasteiger partial charge in [-0.15, -0.1) is 0 Å². The zero-order chi connectivity index (χ0) is 8.53. The highest BCUT2D eigenvalue weighted by molar-refractivity contribution is 4.69. The van der Waals surface area contributed by atoms with E-state index in [0.29, 0.717) is 0 Å². The van der Waals surface area contributed by atoms with Gasteiger partial charge in [0.2, 0.25) is 0 Å². The molecule has 0 rings (SSSR count). The maximum atomic E-state index is 3.78.